The average Bonchev–Trinajstić information content (AvgIpc) is 2.67. The molecule has 1 aromatic rings. The van der Waals surface area contributed by atoms with Crippen LogP contribution in [0.1, 0.15) is 6.92 Å². The standard InChI is InChI=1S/C8H13F2N3O3S2/c1-2-18(15,16)5-7(11)13-17-8(5)12-3-4(14)6(9)10/h4,6,12,14H,2-3H2,1H3,(H2,11,13). The molecule has 1 rings (SSSR count). The Morgan fingerprint density at radius 1 is 1.56 bits per heavy atom. The van der Waals surface area contributed by atoms with Crippen LogP contribution in [0.2, 0.25) is 0 Å². The number of rotatable bonds is 6. The van der Waals surface area contributed by atoms with Gasteiger partial charge in [-0.3, -0.25) is 0 Å². The molecule has 0 saturated heterocycles. The molecular formula is C8H13F2N3O3S2. The Labute approximate surface area is 107 Å². The summed E-state index contributed by atoms with van der Waals surface area (Å²) < 4.78 is 51.3. The first-order chi connectivity index (χ1) is 8.29. The van der Waals surface area contributed by atoms with Gasteiger partial charge in [-0.25, -0.2) is 17.2 Å². The predicted octanol–water partition coefficient (Wildman–Crippen LogP) is 0.557. The van der Waals surface area contributed by atoms with Gasteiger partial charge in [0.2, 0.25) is 0 Å². The van der Waals surface area contributed by atoms with E-state index in [1.54, 1.807) is 0 Å². The molecule has 104 valence electrons. The summed E-state index contributed by atoms with van der Waals surface area (Å²) in [5.74, 6) is -0.349. The third-order valence-electron chi connectivity index (χ3n) is 2.13. The van der Waals surface area contributed by atoms with Gasteiger partial charge < -0.3 is 16.2 Å². The fourth-order valence-corrected chi connectivity index (χ4v) is 3.31. The van der Waals surface area contributed by atoms with E-state index in [0.29, 0.717) is 0 Å². The third-order valence-corrected chi connectivity index (χ3v) is 4.87. The van der Waals surface area contributed by atoms with Crippen LogP contribution in [0.4, 0.5) is 19.6 Å². The van der Waals surface area contributed by atoms with Crippen LogP contribution in [0.25, 0.3) is 0 Å². The zero-order chi connectivity index (χ0) is 13.9. The van der Waals surface area contributed by atoms with Crippen molar-refractivity contribution < 1.29 is 22.3 Å². The Morgan fingerprint density at radius 3 is 2.67 bits per heavy atom. The lowest BCUT2D eigenvalue weighted by atomic mass is 10.4. The van der Waals surface area contributed by atoms with Crippen LogP contribution in [0.3, 0.4) is 0 Å². The quantitative estimate of drug-likeness (QED) is 0.709. The first-order valence-electron chi connectivity index (χ1n) is 4.97. The number of sulfone groups is 1. The first-order valence-corrected chi connectivity index (χ1v) is 7.40. The summed E-state index contributed by atoms with van der Waals surface area (Å²) in [5.41, 5.74) is 5.44. The summed E-state index contributed by atoms with van der Waals surface area (Å²) in [6, 6.07) is 0. The molecule has 0 aromatic carbocycles. The molecule has 0 amide bonds. The maximum atomic E-state index is 12.1. The molecule has 0 bridgehead atoms. The van der Waals surface area contributed by atoms with Gasteiger partial charge in [-0.1, -0.05) is 6.92 Å². The second-order valence-corrected chi connectivity index (χ2v) is 6.40. The van der Waals surface area contributed by atoms with E-state index >= 15 is 0 Å². The minimum Gasteiger partial charge on any atom is -0.385 e. The van der Waals surface area contributed by atoms with E-state index in [0.717, 1.165) is 11.5 Å². The number of hydrogen-bond donors (Lipinski definition) is 3. The number of alkyl halides is 2. The monoisotopic (exact) mass is 301 g/mol. The van der Waals surface area contributed by atoms with Crippen LogP contribution in [0.5, 0.6) is 0 Å². The van der Waals surface area contributed by atoms with Crippen molar-refractivity contribution in [2.24, 2.45) is 0 Å². The van der Waals surface area contributed by atoms with Crippen molar-refractivity contribution in [3.05, 3.63) is 0 Å². The van der Waals surface area contributed by atoms with Crippen LogP contribution in [-0.2, 0) is 9.84 Å². The number of aliphatic hydroxyl groups excluding tert-OH is 1. The molecule has 6 nitrogen and oxygen atoms in total. The number of nitrogens with zero attached hydrogens (tertiary/aromatic N) is 1. The van der Waals surface area contributed by atoms with E-state index in [9.17, 15) is 17.2 Å². The summed E-state index contributed by atoms with van der Waals surface area (Å²) in [5, 5.41) is 11.4. The van der Waals surface area contributed by atoms with E-state index in [-0.39, 0.29) is 21.5 Å². The number of aromatic nitrogens is 1. The highest BCUT2D eigenvalue weighted by atomic mass is 32.2. The number of nitrogen functional groups attached to an aromatic ring is 1. The van der Waals surface area contributed by atoms with E-state index < -0.39 is 28.9 Å². The van der Waals surface area contributed by atoms with Crippen LogP contribution >= 0.6 is 11.5 Å². The minimum absolute atomic E-state index is 0.0639. The molecule has 0 saturated carbocycles. The third kappa shape index (κ3) is 3.27. The first kappa shape index (κ1) is 15.1. The SMILES string of the molecule is CCS(=O)(=O)c1c(N)nsc1NCC(O)C(F)F. The highest BCUT2D eigenvalue weighted by molar-refractivity contribution is 7.91. The summed E-state index contributed by atoms with van der Waals surface area (Å²) >= 11 is 0.751. The van der Waals surface area contributed by atoms with Gasteiger partial charge in [0, 0.05) is 6.54 Å². The van der Waals surface area contributed by atoms with Gasteiger partial charge >= 0.3 is 0 Å². The van der Waals surface area contributed by atoms with E-state index in [2.05, 4.69) is 9.69 Å². The molecule has 18 heavy (non-hydrogen) atoms. The highest BCUT2D eigenvalue weighted by Gasteiger charge is 2.25. The summed E-state index contributed by atoms with van der Waals surface area (Å²) in [7, 11) is -3.59. The number of nitrogens with two attached hydrogens (primary N) is 1. The topological polar surface area (TPSA) is 105 Å². The molecule has 0 aliphatic carbocycles. The van der Waals surface area contributed by atoms with Gasteiger partial charge in [-0.05, 0) is 11.5 Å². The average molecular weight is 301 g/mol. The van der Waals surface area contributed by atoms with Crippen LogP contribution in [-0.4, -0.2) is 42.7 Å². The molecule has 1 unspecified atom stereocenters. The molecule has 1 atom stereocenters. The lowest BCUT2D eigenvalue weighted by molar-refractivity contribution is 0.00386. The fraction of sp³-hybridized carbons (Fsp3) is 0.625. The van der Waals surface area contributed by atoms with Crippen molar-refractivity contribution in [1.29, 1.82) is 0 Å². The summed E-state index contributed by atoms with van der Waals surface area (Å²) in [6.45, 7) is 0.954. The minimum atomic E-state index is -3.59. The Kier molecular flexibility index (Phi) is 4.82. The largest absolute Gasteiger partial charge is 0.385 e. The van der Waals surface area contributed by atoms with Gasteiger partial charge in [0.1, 0.15) is 16.0 Å². The maximum Gasteiger partial charge on any atom is 0.265 e. The lowest BCUT2D eigenvalue weighted by Gasteiger charge is -2.11. The van der Waals surface area contributed by atoms with Crippen molar-refractivity contribution >= 4 is 32.2 Å². The smallest absolute Gasteiger partial charge is 0.265 e. The van der Waals surface area contributed by atoms with Gasteiger partial charge in [-0.15, -0.1) is 0 Å². The molecule has 1 heterocycles. The zero-order valence-corrected chi connectivity index (χ0v) is 11.1. The Hall–Kier alpha value is -1.00. The summed E-state index contributed by atoms with van der Waals surface area (Å²) in [6.07, 6.45) is -4.79. The van der Waals surface area contributed by atoms with Crippen molar-refractivity contribution in [3.8, 4) is 0 Å². The van der Waals surface area contributed by atoms with E-state index in [1.165, 1.54) is 6.92 Å². The van der Waals surface area contributed by atoms with Gasteiger partial charge in [-0.2, -0.15) is 4.37 Å². The van der Waals surface area contributed by atoms with Crippen molar-refractivity contribution in [2.75, 3.05) is 23.3 Å². The molecule has 0 aliphatic heterocycles. The Bertz CT molecular complexity index is 504. The van der Waals surface area contributed by atoms with Gasteiger partial charge in [0.15, 0.2) is 15.7 Å². The van der Waals surface area contributed by atoms with Crippen molar-refractivity contribution in [2.45, 2.75) is 24.3 Å². The highest BCUT2D eigenvalue weighted by Crippen LogP contribution is 2.32. The lowest BCUT2D eigenvalue weighted by Crippen LogP contribution is -2.27. The molecule has 0 radical (unpaired) electrons. The normalized spacial score (nSPS) is 13.8. The number of nitrogens with one attached hydrogen (secondary N) is 1. The molecule has 4 N–H and O–H groups in total. The number of halogens is 2. The molecule has 0 fully saturated rings. The second-order valence-electron chi connectivity index (χ2n) is 3.41. The van der Waals surface area contributed by atoms with Crippen LogP contribution in [0.15, 0.2) is 4.90 Å². The molecule has 10 heteroatoms. The van der Waals surface area contributed by atoms with E-state index in [1.807, 2.05) is 0 Å². The number of hydrogen-bond acceptors (Lipinski definition) is 7. The van der Waals surface area contributed by atoms with Crippen molar-refractivity contribution in [3.63, 3.8) is 0 Å². The zero-order valence-electron chi connectivity index (χ0n) is 9.43. The van der Waals surface area contributed by atoms with Crippen LogP contribution < -0.4 is 11.1 Å². The van der Waals surface area contributed by atoms with Crippen LogP contribution in [0, 0.1) is 0 Å². The number of aliphatic hydroxyl groups is 1. The molecular weight excluding hydrogens is 288 g/mol. The molecule has 1 aromatic heterocycles. The van der Waals surface area contributed by atoms with Gasteiger partial charge in [0.25, 0.3) is 6.43 Å². The fourth-order valence-electron chi connectivity index (χ4n) is 1.14. The molecule has 0 aliphatic rings. The van der Waals surface area contributed by atoms with Gasteiger partial charge in [0.05, 0.1) is 5.75 Å². The maximum absolute atomic E-state index is 12.1. The Morgan fingerprint density at radius 2 is 2.17 bits per heavy atom. The predicted molar refractivity (Wildman–Crippen MR) is 64.8 cm³/mol. The Balaban J connectivity index is 2.92. The molecule has 0 spiro atoms. The second kappa shape index (κ2) is 5.76. The number of anilines is 2. The van der Waals surface area contributed by atoms with Crippen molar-refractivity contribution in [1.82, 2.24) is 4.37 Å². The summed E-state index contributed by atoms with van der Waals surface area (Å²) in [4.78, 5) is -0.198. The van der Waals surface area contributed by atoms with E-state index in [4.69, 9.17) is 10.8 Å².